The molecule has 0 radical (unpaired) electrons. The van der Waals surface area contributed by atoms with E-state index in [1.807, 2.05) is 49.6 Å². The molecule has 1 N–H and O–H groups in total. The number of carbonyl (C=O) groups excluding carboxylic acids is 2. The first kappa shape index (κ1) is 27.2. The number of thioether (sulfide) groups is 1. The van der Waals surface area contributed by atoms with Gasteiger partial charge in [-0.3, -0.25) is 9.78 Å². The number of nitrogens with zero attached hydrogens (tertiary/aromatic N) is 1. The number of hydrogen-bond donors (Lipinski definition) is 1. The summed E-state index contributed by atoms with van der Waals surface area (Å²) >= 11 is 3.06. The van der Waals surface area contributed by atoms with Crippen LogP contribution in [0.25, 0.3) is 11.1 Å². The van der Waals surface area contributed by atoms with Gasteiger partial charge in [0.2, 0.25) is 0 Å². The third-order valence-corrected chi connectivity index (χ3v) is 6.36. The van der Waals surface area contributed by atoms with Crippen LogP contribution in [-0.2, 0) is 22.7 Å². The van der Waals surface area contributed by atoms with Crippen molar-refractivity contribution in [3.8, 4) is 11.1 Å². The van der Waals surface area contributed by atoms with E-state index < -0.39 is 17.9 Å². The van der Waals surface area contributed by atoms with Crippen LogP contribution in [0, 0.1) is 6.92 Å². The van der Waals surface area contributed by atoms with Crippen molar-refractivity contribution in [1.29, 1.82) is 0 Å². The van der Waals surface area contributed by atoms with Gasteiger partial charge >= 0.3 is 18.9 Å². The molecule has 6 nitrogen and oxygen atoms in total. The maximum Gasteiger partial charge on any atom is 1.00 e. The van der Waals surface area contributed by atoms with E-state index in [0.717, 1.165) is 27.1 Å². The van der Waals surface area contributed by atoms with Gasteiger partial charge in [0.05, 0.1) is 35.6 Å². The topological polar surface area (TPSA) is 91.3 Å². The summed E-state index contributed by atoms with van der Waals surface area (Å²) in [5, 5.41) is 14.1. The Hall–Kier alpha value is -2.08. The van der Waals surface area contributed by atoms with Crippen molar-refractivity contribution in [3.63, 3.8) is 0 Å². The molecule has 0 saturated heterocycles. The monoisotopic (exact) mass is 476 g/mol. The fraction of sp³-hybridized carbons (Fsp3) is 0.292. The molecule has 1 atom stereocenters. The smallest absolute Gasteiger partial charge is 0.548 e. The summed E-state index contributed by atoms with van der Waals surface area (Å²) in [6, 6.07) is 12.2. The van der Waals surface area contributed by atoms with Crippen molar-refractivity contribution < 1.29 is 38.3 Å². The molecular formula is C24H25LiN2O4S2. The summed E-state index contributed by atoms with van der Waals surface area (Å²) in [5.41, 5.74) is 5.77. The van der Waals surface area contributed by atoms with E-state index in [9.17, 15) is 14.7 Å². The van der Waals surface area contributed by atoms with Crippen molar-refractivity contribution in [1.82, 2.24) is 10.3 Å². The average molecular weight is 477 g/mol. The van der Waals surface area contributed by atoms with Crippen LogP contribution < -0.4 is 29.3 Å². The third-order valence-electron chi connectivity index (χ3n) is 4.96. The first-order chi connectivity index (χ1) is 15.5. The van der Waals surface area contributed by atoms with Crippen LogP contribution in [0.15, 0.2) is 54.2 Å². The summed E-state index contributed by atoms with van der Waals surface area (Å²) in [5.74, 6) is -1.10. The number of aliphatic carboxylic acids is 1. The molecule has 1 amide bonds. The minimum atomic E-state index is -1.28. The van der Waals surface area contributed by atoms with Crippen molar-refractivity contribution in [2.45, 2.75) is 32.6 Å². The standard InChI is InChI=1S/C24H26N2O4S2.Li/c1-16-5-3-4-6-19(16)21-11-17(13-30-14-18-12-25-15-32-18)7-8-20(21)23(27)26-22(24(28)29)9-10-31-2;/h3-8,11-12,15,22H,9-10,13-14H2,1-2H3,(H,26,27)(H,28,29);/q;+1/p-1/t22-;/m0./s1. The van der Waals surface area contributed by atoms with Crippen LogP contribution in [0.1, 0.15) is 32.8 Å². The van der Waals surface area contributed by atoms with E-state index in [2.05, 4.69) is 10.3 Å². The zero-order valence-electron chi connectivity index (χ0n) is 19.0. The molecule has 3 aromatic rings. The van der Waals surface area contributed by atoms with E-state index in [0.29, 0.717) is 31.0 Å². The van der Waals surface area contributed by atoms with Gasteiger partial charge in [0.15, 0.2) is 0 Å². The molecule has 1 aromatic heterocycles. The zero-order chi connectivity index (χ0) is 22.9. The molecular weight excluding hydrogens is 451 g/mol. The number of aromatic nitrogens is 1. The molecule has 0 saturated carbocycles. The Morgan fingerprint density at radius 3 is 2.64 bits per heavy atom. The number of benzene rings is 2. The first-order valence-corrected chi connectivity index (χ1v) is 12.4. The number of carboxylic acid groups (broad SMARTS) is 1. The quantitative estimate of drug-likeness (QED) is 0.404. The third kappa shape index (κ3) is 7.73. The Labute approximate surface area is 214 Å². The van der Waals surface area contributed by atoms with Crippen molar-refractivity contribution in [3.05, 3.63) is 75.7 Å². The molecule has 0 aliphatic heterocycles. The molecule has 1 heterocycles. The number of carboxylic acids is 1. The van der Waals surface area contributed by atoms with Crippen molar-refractivity contribution in [2.75, 3.05) is 12.0 Å². The molecule has 168 valence electrons. The van der Waals surface area contributed by atoms with Gasteiger partial charge in [-0.05, 0) is 59.7 Å². The average Bonchev–Trinajstić information content (AvgIpc) is 3.30. The molecule has 0 fully saturated rings. The summed E-state index contributed by atoms with van der Waals surface area (Å²) in [6.07, 6.45) is 3.97. The molecule has 0 bridgehead atoms. The molecule has 33 heavy (non-hydrogen) atoms. The second-order valence-electron chi connectivity index (χ2n) is 7.28. The van der Waals surface area contributed by atoms with Crippen LogP contribution in [0.3, 0.4) is 0 Å². The number of rotatable bonds is 11. The van der Waals surface area contributed by atoms with Gasteiger partial charge in [0, 0.05) is 11.8 Å². The predicted molar refractivity (Wildman–Crippen MR) is 126 cm³/mol. The van der Waals surface area contributed by atoms with E-state index in [1.54, 1.807) is 17.8 Å². The van der Waals surface area contributed by atoms with Gasteiger partial charge in [-0.2, -0.15) is 11.8 Å². The zero-order valence-corrected chi connectivity index (χ0v) is 20.6. The van der Waals surface area contributed by atoms with Crippen LogP contribution in [-0.4, -0.2) is 34.9 Å². The van der Waals surface area contributed by atoms with Crippen LogP contribution >= 0.6 is 23.1 Å². The Kier molecular flexibility index (Phi) is 11.2. The maximum absolute atomic E-state index is 13.1. The summed E-state index contributed by atoms with van der Waals surface area (Å²) < 4.78 is 5.81. The van der Waals surface area contributed by atoms with Crippen LogP contribution in [0.4, 0.5) is 0 Å². The molecule has 3 rings (SSSR count). The summed E-state index contributed by atoms with van der Waals surface area (Å²) in [7, 11) is 0. The Balaban J connectivity index is 0.00000385. The second-order valence-corrected chi connectivity index (χ2v) is 9.24. The SMILES string of the molecule is CSCC[C@H](NC(=O)c1ccc(COCc2cncs2)cc1-c1ccccc1C)C(=O)[O-].[Li+]. The van der Waals surface area contributed by atoms with Gasteiger partial charge < -0.3 is 20.0 Å². The van der Waals surface area contributed by atoms with Gasteiger partial charge in [0.25, 0.3) is 5.91 Å². The molecule has 0 unspecified atom stereocenters. The normalized spacial score (nSPS) is 11.5. The minimum absolute atomic E-state index is 0. The number of carbonyl (C=O) groups is 2. The maximum atomic E-state index is 13.1. The fourth-order valence-corrected chi connectivity index (χ4v) is 4.28. The molecule has 0 aliphatic carbocycles. The van der Waals surface area contributed by atoms with E-state index >= 15 is 0 Å². The number of nitrogens with one attached hydrogen (secondary N) is 1. The summed E-state index contributed by atoms with van der Waals surface area (Å²) in [4.78, 5) is 29.6. The molecule has 0 spiro atoms. The number of thiazole rings is 1. The predicted octanol–water partition coefficient (Wildman–Crippen LogP) is 0.441. The minimum Gasteiger partial charge on any atom is -0.548 e. The Morgan fingerprint density at radius 1 is 1.18 bits per heavy atom. The molecule has 0 aliphatic rings. The van der Waals surface area contributed by atoms with E-state index in [-0.39, 0.29) is 18.9 Å². The number of aryl methyl sites for hydroxylation is 1. The summed E-state index contributed by atoms with van der Waals surface area (Å²) in [6.45, 7) is 2.83. The van der Waals surface area contributed by atoms with Gasteiger partial charge in [-0.15, -0.1) is 11.3 Å². The van der Waals surface area contributed by atoms with E-state index in [4.69, 9.17) is 4.74 Å². The largest absolute Gasteiger partial charge is 1.00 e. The number of hydrogen-bond acceptors (Lipinski definition) is 7. The number of ether oxygens (including phenoxy) is 1. The molecule has 2 aromatic carbocycles. The van der Waals surface area contributed by atoms with Gasteiger partial charge in [-0.25, -0.2) is 0 Å². The molecule has 9 heteroatoms. The fourth-order valence-electron chi connectivity index (χ4n) is 3.28. The number of amides is 1. The van der Waals surface area contributed by atoms with Gasteiger partial charge in [-0.1, -0.05) is 30.3 Å². The van der Waals surface area contributed by atoms with Crippen molar-refractivity contribution >= 4 is 35.0 Å². The first-order valence-electron chi connectivity index (χ1n) is 10.1. The van der Waals surface area contributed by atoms with Gasteiger partial charge in [0.1, 0.15) is 0 Å². The van der Waals surface area contributed by atoms with Crippen LogP contribution in [0.5, 0.6) is 0 Å². The van der Waals surface area contributed by atoms with Crippen LogP contribution in [0.2, 0.25) is 0 Å². The Morgan fingerprint density at radius 2 is 1.97 bits per heavy atom. The Bertz CT molecular complexity index is 1060. The van der Waals surface area contributed by atoms with Crippen molar-refractivity contribution in [2.24, 2.45) is 0 Å². The van der Waals surface area contributed by atoms with E-state index in [1.165, 1.54) is 23.1 Å². The second kappa shape index (κ2) is 13.6.